The number of nitrogens with one attached hydrogen (secondary N) is 1. The van der Waals surface area contributed by atoms with E-state index in [1.165, 1.54) is 0 Å². The van der Waals surface area contributed by atoms with E-state index in [1.54, 1.807) is 7.11 Å². The second-order valence-corrected chi connectivity index (χ2v) is 7.35. The first-order valence-electron chi connectivity index (χ1n) is 8.06. The van der Waals surface area contributed by atoms with Crippen molar-refractivity contribution in [2.75, 3.05) is 7.11 Å². The fraction of sp³-hybridized carbons (Fsp3) is 0.875. The topological polar surface area (TPSA) is 58.6 Å². The summed E-state index contributed by atoms with van der Waals surface area (Å²) < 4.78 is 5.34. The first-order chi connectivity index (χ1) is 9.88. The number of piperazine rings is 1. The van der Waals surface area contributed by atoms with E-state index < -0.39 is 5.54 Å². The number of amides is 2. The van der Waals surface area contributed by atoms with E-state index in [4.69, 9.17) is 4.74 Å². The molecule has 0 radical (unpaired) electrons. The van der Waals surface area contributed by atoms with Gasteiger partial charge in [0.15, 0.2) is 0 Å². The maximum atomic E-state index is 13.1. The number of hydrogen-bond donors (Lipinski definition) is 1. The molecule has 0 spiro atoms. The Morgan fingerprint density at radius 3 is 2.38 bits per heavy atom. The van der Waals surface area contributed by atoms with Crippen molar-refractivity contribution in [2.45, 2.75) is 70.2 Å². The molecule has 2 unspecified atom stereocenters. The van der Waals surface area contributed by atoms with E-state index in [2.05, 4.69) is 5.32 Å². The van der Waals surface area contributed by atoms with Crippen LogP contribution in [0.3, 0.4) is 0 Å². The summed E-state index contributed by atoms with van der Waals surface area (Å²) in [7, 11) is 1.71. The van der Waals surface area contributed by atoms with Crippen molar-refractivity contribution in [3.05, 3.63) is 0 Å². The van der Waals surface area contributed by atoms with Crippen LogP contribution in [0.25, 0.3) is 0 Å². The number of carbonyl (C=O) groups excluding carboxylic acids is 2. The summed E-state index contributed by atoms with van der Waals surface area (Å²) in [5.41, 5.74) is -0.694. The Kier molecular flexibility index (Phi) is 3.51. The van der Waals surface area contributed by atoms with Gasteiger partial charge < -0.3 is 15.0 Å². The minimum Gasteiger partial charge on any atom is -0.381 e. The fourth-order valence-corrected chi connectivity index (χ4v) is 3.82. The second-order valence-electron chi connectivity index (χ2n) is 7.35. The maximum absolute atomic E-state index is 13.1. The van der Waals surface area contributed by atoms with E-state index in [-0.39, 0.29) is 35.9 Å². The molecule has 3 rings (SSSR count). The molecule has 2 aliphatic carbocycles. The molecule has 1 heterocycles. The molecular weight excluding hydrogens is 268 g/mol. The summed E-state index contributed by atoms with van der Waals surface area (Å²) in [6, 6.07) is -0.189. The summed E-state index contributed by atoms with van der Waals surface area (Å²) >= 11 is 0. The van der Waals surface area contributed by atoms with Crippen LogP contribution in [0.4, 0.5) is 0 Å². The number of ether oxygens (including phenoxy) is 1. The normalized spacial score (nSPS) is 40.2. The summed E-state index contributed by atoms with van der Waals surface area (Å²) in [4.78, 5) is 27.6. The van der Waals surface area contributed by atoms with Crippen molar-refractivity contribution in [3.63, 3.8) is 0 Å². The Morgan fingerprint density at radius 1 is 1.29 bits per heavy atom. The summed E-state index contributed by atoms with van der Waals surface area (Å²) in [5.74, 6) is 0.560. The van der Waals surface area contributed by atoms with Crippen LogP contribution in [-0.4, -0.2) is 47.6 Å². The van der Waals surface area contributed by atoms with Gasteiger partial charge in [-0.15, -0.1) is 0 Å². The highest BCUT2D eigenvalue weighted by Crippen LogP contribution is 2.44. The first kappa shape index (κ1) is 14.8. The number of nitrogens with zero attached hydrogens (tertiary/aromatic N) is 1. The van der Waals surface area contributed by atoms with Gasteiger partial charge in [-0.2, -0.15) is 0 Å². The monoisotopic (exact) mass is 294 g/mol. The Hall–Kier alpha value is -1.10. The molecule has 0 aromatic carbocycles. The van der Waals surface area contributed by atoms with Crippen molar-refractivity contribution in [1.82, 2.24) is 10.2 Å². The molecule has 2 atom stereocenters. The lowest BCUT2D eigenvalue weighted by Crippen LogP contribution is -2.74. The highest BCUT2D eigenvalue weighted by atomic mass is 16.5. The van der Waals surface area contributed by atoms with E-state index in [1.807, 2.05) is 25.7 Å². The standard InChI is InChI=1S/C16H26N2O3/c1-9(2)13-14(19)17-16(3,10-5-6-10)15(20)18(13)11-7-12(8-11)21-4/h9-13H,5-8H2,1-4H3,(H,17,19). The Labute approximate surface area is 126 Å². The van der Waals surface area contributed by atoms with Crippen molar-refractivity contribution >= 4 is 11.8 Å². The van der Waals surface area contributed by atoms with Gasteiger partial charge in [0.1, 0.15) is 11.6 Å². The molecular formula is C16H26N2O3. The van der Waals surface area contributed by atoms with Gasteiger partial charge in [-0.25, -0.2) is 0 Å². The van der Waals surface area contributed by atoms with Crippen LogP contribution in [0.5, 0.6) is 0 Å². The zero-order chi connectivity index (χ0) is 15.4. The van der Waals surface area contributed by atoms with E-state index in [9.17, 15) is 9.59 Å². The molecule has 21 heavy (non-hydrogen) atoms. The van der Waals surface area contributed by atoms with Gasteiger partial charge in [-0.3, -0.25) is 9.59 Å². The largest absolute Gasteiger partial charge is 0.381 e. The fourth-order valence-electron chi connectivity index (χ4n) is 3.82. The van der Waals surface area contributed by atoms with Crippen LogP contribution in [0, 0.1) is 11.8 Å². The number of methoxy groups -OCH3 is 1. The van der Waals surface area contributed by atoms with Crippen molar-refractivity contribution in [2.24, 2.45) is 11.8 Å². The smallest absolute Gasteiger partial charge is 0.249 e. The molecule has 1 saturated heterocycles. The molecule has 2 amide bonds. The molecule has 5 nitrogen and oxygen atoms in total. The third-order valence-corrected chi connectivity index (χ3v) is 5.45. The van der Waals surface area contributed by atoms with Gasteiger partial charge in [0, 0.05) is 13.2 Å². The highest BCUT2D eigenvalue weighted by Gasteiger charge is 2.58. The van der Waals surface area contributed by atoms with Crippen molar-refractivity contribution < 1.29 is 14.3 Å². The SMILES string of the molecule is COC1CC(N2C(=O)C(C)(C3CC3)NC(=O)C2C(C)C)C1. The molecule has 0 bridgehead atoms. The van der Waals surface area contributed by atoms with Crippen LogP contribution in [0.2, 0.25) is 0 Å². The third-order valence-electron chi connectivity index (χ3n) is 5.45. The van der Waals surface area contributed by atoms with Crippen molar-refractivity contribution in [1.29, 1.82) is 0 Å². The molecule has 2 saturated carbocycles. The molecule has 0 aromatic heterocycles. The zero-order valence-electron chi connectivity index (χ0n) is 13.4. The lowest BCUT2D eigenvalue weighted by atomic mass is 9.80. The molecule has 1 N–H and O–H groups in total. The number of carbonyl (C=O) groups is 2. The minimum atomic E-state index is -0.694. The van der Waals surface area contributed by atoms with E-state index in [0.29, 0.717) is 5.92 Å². The Morgan fingerprint density at radius 2 is 1.90 bits per heavy atom. The Bertz CT molecular complexity index is 454. The van der Waals surface area contributed by atoms with Crippen LogP contribution in [-0.2, 0) is 14.3 Å². The molecule has 5 heteroatoms. The summed E-state index contributed by atoms with van der Waals surface area (Å²) in [6.07, 6.45) is 3.99. The van der Waals surface area contributed by atoms with Gasteiger partial charge in [-0.1, -0.05) is 13.8 Å². The average Bonchev–Trinajstić information content (AvgIpc) is 3.17. The number of rotatable bonds is 4. The van der Waals surface area contributed by atoms with Crippen LogP contribution in [0.15, 0.2) is 0 Å². The van der Waals surface area contributed by atoms with Crippen LogP contribution >= 0.6 is 0 Å². The van der Waals surface area contributed by atoms with Gasteiger partial charge in [0.05, 0.1) is 6.10 Å². The highest BCUT2D eigenvalue weighted by molar-refractivity contribution is 6.00. The predicted octanol–water partition coefficient (Wildman–Crippen LogP) is 1.32. The van der Waals surface area contributed by atoms with Crippen molar-refractivity contribution in [3.8, 4) is 0 Å². The van der Waals surface area contributed by atoms with Crippen LogP contribution < -0.4 is 5.32 Å². The van der Waals surface area contributed by atoms with Gasteiger partial charge in [-0.05, 0) is 44.4 Å². The molecule has 1 aliphatic heterocycles. The number of hydrogen-bond acceptors (Lipinski definition) is 3. The predicted molar refractivity (Wildman–Crippen MR) is 78.6 cm³/mol. The molecule has 3 fully saturated rings. The molecule has 0 aromatic rings. The second kappa shape index (κ2) is 4.97. The molecule has 118 valence electrons. The first-order valence-corrected chi connectivity index (χ1v) is 8.06. The van der Waals surface area contributed by atoms with Gasteiger partial charge >= 0.3 is 0 Å². The quantitative estimate of drug-likeness (QED) is 0.850. The van der Waals surface area contributed by atoms with E-state index >= 15 is 0 Å². The third kappa shape index (κ3) is 2.26. The van der Waals surface area contributed by atoms with Gasteiger partial charge in [0.25, 0.3) is 0 Å². The lowest BCUT2D eigenvalue weighted by Gasteiger charge is -2.52. The average molecular weight is 294 g/mol. The van der Waals surface area contributed by atoms with Crippen LogP contribution in [0.1, 0.15) is 46.5 Å². The van der Waals surface area contributed by atoms with E-state index in [0.717, 1.165) is 25.7 Å². The van der Waals surface area contributed by atoms with Gasteiger partial charge in [0.2, 0.25) is 11.8 Å². The Balaban J connectivity index is 1.86. The zero-order valence-corrected chi connectivity index (χ0v) is 13.4. The lowest BCUT2D eigenvalue weighted by molar-refractivity contribution is -0.166. The summed E-state index contributed by atoms with van der Waals surface area (Å²) in [6.45, 7) is 5.93. The minimum absolute atomic E-state index is 0.0138. The molecule has 3 aliphatic rings. The summed E-state index contributed by atoms with van der Waals surface area (Å²) in [5, 5.41) is 3.03. The maximum Gasteiger partial charge on any atom is 0.249 e.